The van der Waals surface area contributed by atoms with Gasteiger partial charge in [0, 0.05) is 0 Å². The second-order valence-electron chi connectivity index (χ2n) is 4.32. The van der Waals surface area contributed by atoms with Crippen molar-refractivity contribution in [1.82, 2.24) is 0 Å². The summed E-state index contributed by atoms with van der Waals surface area (Å²) in [5.41, 5.74) is 0. The number of fused-ring (bicyclic) bond motifs is 3. The first-order valence-electron chi connectivity index (χ1n) is 6.55. The Hall–Kier alpha value is -1.46. The molecule has 1 aliphatic carbocycles. The molecule has 4 rings (SSSR count). The molecule has 0 heterocycles. The van der Waals surface area contributed by atoms with E-state index in [2.05, 4.69) is 71.0 Å². The van der Waals surface area contributed by atoms with Gasteiger partial charge in [-0.25, -0.2) is 12.2 Å². The Morgan fingerprint density at radius 2 is 1.50 bits per heavy atom. The fraction of sp³-hybridized carbons (Fsp3) is 0.0526. The van der Waals surface area contributed by atoms with Gasteiger partial charge in [-0.3, -0.25) is 6.08 Å². The SMILES string of the molecule is [C-]1=CC=CC1.[CH2]=[Zr+2].[H-].[H-].c1ccc2c(c1)[cH-]c1ccccc12. The Kier molecular flexibility index (Phi) is 5.95. The quantitative estimate of drug-likeness (QED) is 0.494. The third-order valence-corrected chi connectivity index (χ3v) is 3.11. The van der Waals surface area contributed by atoms with E-state index in [1.54, 1.807) is 0 Å². The first-order chi connectivity index (χ1) is 9.95. The molecule has 0 unspecified atom stereocenters. The van der Waals surface area contributed by atoms with Gasteiger partial charge in [-0.05, 0) is 0 Å². The van der Waals surface area contributed by atoms with Crippen molar-refractivity contribution in [2.75, 3.05) is 0 Å². The van der Waals surface area contributed by atoms with Gasteiger partial charge in [-0.1, -0.05) is 36.4 Å². The van der Waals surface area contributed by atoms with E-state index >= 15 is 0 Å². The molecule has 0 aromatic heterocycles. The van der Waals surface area contributed by atoms with Crippen LogP contribution in [0.4, 0.5) is 0 Å². The minimum atomic E-state index is 0. The van der Waals surface area contributed by atoms with E-state index < -0.39 is 0 Å². The summed E-state index contributed by atoms with van der Waals surface area (Å²) in [4.78, 5) is 0. The van der Waals surface area contributed by atoms with E-state index in [9.17, 15) is 0 Å². The third kappa shape index (κ3) is 3.55. The van der Waals surface area contributed by atoms with Crippen LogP contribution in [-0.4, -0.2) is 4.21 Å². The fourth-order valence-corrected chi connectivity index (χ4v) is 2.24. The summed E-state index contributed by atoms with van der Waals surface area (Å²) in [7, 11) is 0. The molecule has 0 radical (unpaired) electrons. The van der Waals surface area contributed by atoms with Crippen molar-refractivity contribution >= 4 is 25.8 Å². The van der Waals surface area contributed by atoms with E-state index in [4.69, 9.17) is 0 Å². The maximum atomic E-state index is 3.34. The van der Waals surface area contributed by atoms with Crippen molar-refractivity contribution in [2.24, 2.45) is 0 Å². The van der Waals surface area contributed by atoms with Crippen molar-refractivity contribution in [2.45, 2.75) is 6.42 Å². The summed E-state index contributed by atoms with van der Waals surface area (Å²) < 4.78 is 3.34. The van der Waals surface area contributed by atoms with Crippen LogP contribution in [0.2, 0.25) is 0 Å². The van der Waals surface area contributed by atoms with Gasteiger partial charge in [-0.15, -0.1) is 46.2 Å². The van der Waals surface area contributed by atoms with Gasteiger partial charge in [0.25, 0.3) is 0 Å². The maximum absolute atomic E-state index is 3.34. The van der Waals surface area contributed by atoms with Crippen LogP contribution < -0.4 is 0 Å². The molecule has 3 aromatic carbocycles. The van der Waals surface area contributed by atoms with Gasteiger partial charge in [0.15, 0.2) is 0 Å². The molecule has 0 atom stereocenters. The summed E-state index contributed by atoms with van der Waals surface area (Å²) in [6, 6.07) is 19.3. The molecule has 20 heavy (non-hydrogen) atoms. The minimum Gasteiger partial charge on any atom is -1.00 e. The largest absolute Gasteiger partial charge is 1.00 e. The average molecular weight is 338 g/mol. The summed E-state index contributed by atoms with van der Waals surface area (Å²) in [5, 5.41) is 5.39. The molecule has 0 saturated heterocycles. The molecule has 0 saturated carbocycles. The van der Waals surface area contributed by atoms with Crippen LogP contribution in [0.15, 0.2) is 72.8 Å². The average Bonchev–Trinajstić information content (AvgIpc) is 3.20. The van der Waals surface area contributed by atoms with Crippen LogP contribution in [0, 0.1) is 6.08 Å². The molecule has 0 fully saturated rings. The van der Waals surface area contributed by atoms with Gasteiger partial charge in [0.2, 0.25) is 0 Å². The van der Waals surface area contributed by atoms with Crippen LogP contribution in [0.3, 0.4) is 0 Å². The molecular formula is C19H18Zr-2. The second-order valence-corrected chi connectivity index (χ2v) is 4.32. The molecule has 0 nitrogen and oxygen atoms in total. The number of rotatable bonds is 0. The third-order valence-electron chi connectivity index (χ3n) is 3.11. The van der Waals surface area contributed by atoms with Crippen LogP contribution >= 0.6 is 0 Å². The predicted molar refractivity (Wildman–Crippen MR) is 88.0 cm³/mol. The van der Waals surface area contributed by atoms with Gasteiger partial charge in [0.05, 0.1) is 0 Å². The summed E-state index contributed by atoms with van der Waals surface area (Å²) >= 11 is 1.30. The first-order valence-corrected chi connectivity index (χ1v) is 8.29. The molecule has 100 valence electrons. The van der Waals surface area contributed by atoms with Gasteiger partial charge in [-0.2, -0.15) is 6.08 Å². The molecule has 0 amide bonds. The van der Waals surface area contributed by atoms with Gasteiger partial charge < -0.3 is 2.85 Å². The molecule has 0 N–H and O–H groups in total. The molecule has 3 aromatic rings. The summed E-state index contributed by atoms with van der Waals surface area (Å²) in [5.74, 6) is 0. The van der Waals surface area contributed by atoms with Crippen molar-refractivity contribution in [3.8, 4) is 0 Å². The van der Waals surface area contributed by atoms with Crippen LogP contribution in [0.25, 0.3) is 21.5 Å². The topological polar surface area (TPSA) is 0 Å². The van der Waals surface area contributed by atoms with Gasteiger partial charge >= 0.3 is 28.4 Å². The van der Waals surface area contributed by atoms with E-state index in [0.717, 1.165) is 6.42 Å². The zero-order valence-electron chi connectivity index (χ0n) is 13.3. The van der Waals surface area contributed by atoms with E-state index in [1.807, 2.05) is 12.2 Å². The Morgan fingerprint density at radius 1 is 0.950 bits per heavy atom. The van der Waals surface area contributed by atoms with Crippen LogP contribution in [0.5, 0.6) is 0 Å². The Labute approximate surface area is 138 Å². The van der Waals surface area contributed by atoms with Crippen molar-refractivity contribution in [3.63, 3.8) is 0 Å². The van der Waals surface area contributed by atoms with Crippen molar-refractivity contribution in [1.29, 1.82) is 0 Å². The summed E-state index contributed by atoms with van der Waals surface area (Å²) in [6.07, 6.45) is 10.0. The molecule has 0 spiro atoms. The number of hydrogen-bond acceptors (Lipinski definition) is 0. The number of hydrogen-bond donors (Lipinski definition) is 0. The Bertz CT molecular complexity index is 681. The molecule has 0 bridgehead atoms. The Balaban J connectivity index is 0.000000422. The molecule has 1 heteroatoms. The standard InChI is InChI=1S/C13H9.C5H5.CH2.Zr.2H/c1-3-7-12-10(5-1)9-11-6-2-4-8-13(11)12;1-2-4-5-3-1;;;;/h1-9H;1-3H,4H2;1H2;;;/q2*-1;;+2;2*-1. The predicted octanol–water partition coefficient (Wildman–Crippen LogP) is 5.21. The van der Waals surface area contributed by atoms with Crippen LogP contribution in [-0.2, 0) is 24.2 Å². The zero-order chi connectivity index (χ0) is 14.2. The van der Waals surface area contributed by atoms with E-state index in [1.165, 1.54) is 45.8 Å². The molecule has 1 aliphatic rings. The first kappa shape index (κ1) is 14.9. The van der Waals surface area contributed by atoms with Crippen molar-refractivity contribution in [3.05, 3.63) is 78.9 Å². The zero-order valence-corrected chi connectivity index (χ0v) is 13.8. The fourth-order valence-electron chi connectivity index (χ4n) is 2.24. The Morgan fingerprint density at radius 3 is 1.90 bits per heavy atom. The molecule has 0 aliphatic heterocycles. The molecular weight excluding hydrogens is 319 g/mol. The van der Waals surface area contributed by atoms with Gasteiger partial charge in [0.1, 0.15) is 0 Å². The monoisotopic (exact) mass is 336 g/mol. The second kappa shape index (κ2) is 7.97. The maximum Gasteiger partial charge on any atom is -0.0771 e. The smallest absolute Gasteiger partial charge is 0.0771 e. The van der Waals surface area contributed by atoms with E-state index in [0.29, 0.717) is 0 Å². The normalized spacial score (nSPS) is 11.9. The number of benzene rings is 2. The summed E-state index contributed by atoms with van der Waals surface area (Å²) in [6.45, 7) is 0. The minimum absolute atomic E-state index is 0. The van der Waals surface area contributed by atoms with Crippen molar-refractivity contribution < 1.29 is 27.1 Å². The van der Waals surface area contributed by atoms with Crippen LogP contribution in [0.1, 0.15) is 9.27 Å². The number of allylic oxidation sites excluding steroid dienone is 4. The van der Waals surface area contributed by atoms with E-state index in [-0.39, 0.29) is 2.85 Å².